The second kappa shape index (κ2) is 8.24. The third-order valence-corrected chi connectivity index (χ3v) is 7.07. The molecule has 1 aliphatic heterocycles. The molecule has 0 bridgehead atoms. The summed E-state index contributed by atoms with van der Waals surface area (Å²) in [5.41, 5.74) is 1.04. The Morgan fingerprint density at radius 1 is 1.22 bits per heavy atom. The average Bonchev–Trinajstić information content (AvgIpc) is 3.26. The van der Waals surface area contributed by atoms with Gasteiger partial charge in [-0.25, -0.2) is 0 Å². The van der Waals surface area contributed by atoms with Crippen LogP contribution in [0.2, 0.25) is 0 Å². The molecule has 140 valence electrons. The zero-order valence-corrected chi connectivity index (χ0v) is 17.1. The third kappa shape index (κ3) is 4.40. The van der Waals surface area contributed by atoms with Crippen molar-refractivity contribution in [2.75, 3.05) is 6.54 Å². The molecular formula is C19H18N2O3S3. The van der Waals surface area contributed by atoms with E-state index < -0.39 is 10.0 Å². The van der Waals surface area contributed by atoms with Gasteiger partial charge in [0.25, 0.3) is 15.9 Å². The van der Waals surface area contributed by atoms with Crippen LogP contribution in [-0.4, -0.2) is 30.9 Å². The van der Waals surface area contributed by atoms with Gasteiger partial charge in [0, 0.05) is 11.4 Å². The van der Waals surface area contributed by atoms with Crippen LogP contribution >= 0.6 is 23.1 Å². The monoisotopic (exact) mass is 418 g/mol. The highest BCUT2D eigenvalue weighted by atomic mass is 32.2. The van der Waals surface area contributed by atoms with Gasteiger partial charge in [0.2, 0.25) is 0 Å². The number of aryl methyl sites for hydroxylation is 1. The molecule has 3 rings (SSSR count). The zero-order chi connectivity index (χ0) is 19.4. The number of amidine groups is 1. The number of nitrogens with zero attached hydrogens (tertiary/aromatic N) is 2. The van der Waals surface area contributed by atoms with Crippen molar-refractivity contribution >= 4 is 50.3 Å². The van der Waals surface area contributed by atoms with E-state index in [1.807, 2.05) is 24.4 Å². The van der Waals surface area contributed by atoms with E-state index in [9.17, 15) is 13.2 Å². The van der Waals surface area contributed by atoms with Crippen LogP contribution in [0, 0.1) is 0 Å². The molecule has 2 aromatic rings. The van der Waals surface area contributed by atoms with Crippen LogP contribution in [0.1, 0.15) is 17.4 Å². The molecule has 0 saturated carbocycles. The SMILES string of the molecule is C=CCN1C(=O)/C(=C/c2cccs2)SC1=NS(=O)(=O)c1ccc(CC)cc1. The van der Waals surface area contributed by atoms with Gasteiger partial charge in [-0.1, -0.05) is 31.2 Å². The summed E-state index contributed by atoms with van der Waals surface area (Å²) in [6, 6.07) is 10.4. The van der Waals surface area contributed by atoms with Crippen molar-refractivity contribution in [1.29, 1.82) is 0 Å². The van der Waals surface area contributed by atoms with Gasteiger partial charge >= 0.3 is 0 Å². The predicted octanol–water partition coefficient (Wildman–Crippen LogP) is 4.16. The molecule has 2 heterocycles. The van der Waals surface area contributed by atoms with Crippen LogP contribution < -0.4 is 0 Å². The number of hydrogen-bond acceptors (Lipinski definition) is 5. The topological polar surface area (TPSA) is 66.8 Å². The van der Waals surface area contributed by atoms with E-state index in [0.717, 1.165) is 28.6 Å². The van der Waals surface area contributed by atoms with Crippen LogP contribution in [0.25, 0.3) is 6.08 Å². The Labute approximate surface area is 167 Å². The Balaban J connectivity index is 1.96. The molecule has 8 heteroatoms. The molecule has 1 fully saturated rings. The van der Waals surface area contributed by atoms with Crippen LogP contribution in [0.15, 0.2) is 68.6 Å². The highest BCUT2D eigenvalue weighted by molar-refractivity contribution is 8.19. The number of rotatable bonds is 6. The first-order valence-corrected chi connectivity index (χ1v) is 11.4. The van der Waals surface area contributed by atoms with Crippen molar-refractivity contribution in [1.82, 2.24) is 4.90 Å². The Morgan fingerprint density at radius 2 is 1.96 bits per heavy atom. The van der Waals surface area contributed by atoms with Gasteiger partial charge in [-0.3, -0.25) is 9.69 Å². The molecule has 5 nitrogen and oxygen atoms in total. The second-order valence-corrected chi connectivity index (χ2v) is 9.27. The van der Waals surface area contributed by atoms with Gasteiger partial charge in [-0.05, 0) is 53.4 Å². The number of carbonyl (C=O) groups excluding carboxylic acids is 1. The average molecular weight is 419 g/mol. The van der Waals surface area contributed by atoms with Crippen molar-refractivity contribution in [3.8, 4) is 0 Å². The fourth-order valence-electron chi connectivity index (χ4n) is 2.42. The molecule has 1 aromatic heterocycles. The summed E-state index contributed by atoms with van der Waals surface area (Å²) < 4.78 is 29.3. The Bertz CT molecular complexity index is 1000. The number of benzene rings is 1. The summed E-state index contributed by atoms with van der Waals surface area (Å²) in [7, 11) is -3.91. The van der Waals surface area contributed by atoms with Gasteiger partial charge in [-0.15, -0.1) is 22.3 Å². The smallest absolute Gasteiger partial charge is 0.282 e. The second-order valence-electron chi connectivity index (χ2n) is 5.68. The highest BCUT2D eigenvalue weighted by Crippen LogP contribution is 2.34. The van der Waals surface area contributed by atoms with Gasteiger partial charge in [0.05, 0.1) is 9.80 Å². The lowest BCUT2D eigenvalue weighted by atomic mass is 10.2. The first-order valence-electron chi connectivity index (χ1n) is 8.24. The van der Waals surface area contributed by atoms with Crippen LogP contribution in [-0.2, 0) is 21.2 Å². The molecular weight excluding hydrogens is 400 g/mol. The molecule has 27 heavy (non-hydrogen) atoms. The quantitative estimate of drug-likeness (QED) is 0.522. The minimum atomic E-state index is -3.91. The lowest BCUT2D eigenvalue weighted by Crippen LogP contribution is -2.29. The predicted molar refractivity (Wildman–Crippen MR) is 112 cm³/mol. The molecule has 0 radical (unpaired) electrons. The van der Waals surface area contributed by atoms with E-state index in [0.29, 0.717) is 4.91 Å². The molecule has 0 spiro atoms. The number of thioether (sulfide) groups is 1. The number of hydrogen-bond donors (Lipinski definition) is 0. The number of sulfonamides is 1. The molecule has 1 aromatic carbocycles. The van der Waals surface area contributed by atoms with E-state index >= 15 is 0 Å². The lowest BCUT2D eigenvalue weighted by Gasteiger charge is -2.12. The maximum absolute atomic E-state index is 12.7. The molecule has 0 unspecified atom stereocenters. The van der Waals surface area contributed by atoms with Crippen LogP contribution in [0.4, 0.5) is 0 Å². The molecule has 1 amide bonds. The summed E-state index contributed by atoms with van der Waals surface area (Å²) in [5.74, 6) is -0.274. The van der Waals surface area contributed by atoms with Crippen molar-refractivity contribution in [2.24, 2.45) is 4.40 Å². The van der Waals surface area contributed by atoms with Gasteiger partial charge < -0.3 is 0 Å². The van der Waals surface area contributed by atoms with Crippen molar-refractivity contribution < 1.29 is 13.2 Å². The van der Waals surface area contributed by atoms with E-state index in [-0.39, 0.29) is 22.5 Å². The normalized spacial score (nSPS) is 17.8. The molecule has 0 N–H and O–H groups in total. The van der Waals surface area contributed by atoms with Gasteiger partial charge in [0.15, 0.2) is 5.17 Å². The van der Waals surface area contributed by atoms with E-state index in [4.69, 9.17) is 0 Å². The third-order valence-electron chi connectivity index (χ3n) is 3.84. The summed E-state index contributed by atoms with van der Waals surface area (Å²) in [6.07, 6.45) is 4.12. The summed E-state index contributed by atoms with van der Waals surface area (Å²) in [6.45, 7) is 5.83. The van der Waals surface area contributed by atoms with Crippen molar-refractivity contribution in [2.45, 2.75) is 18.2 Å². The van der Waals surface area contributed by atoms with Crippen LogP contribution in [0.5, 0.6) is 0 Å². The van der Waals surface area contributed by atoms with Crippen LogP contribution in [0.3, 0.4) is 0 Å². The largest absolute Gasteiger partial charge is 0.284 e. The van der Waals surface area contributed by atoms with E-state index in [2.05, 4.69) is 11.0 Å². The highest BCUT2D eigenvalue weighted by Gasteiger charge is 2.34. The van der Waals surface area contributed by atoms with Gasteiger partial charge in [0.1, 0.15) is 0 Å². The van der Waals surface area contributed by atoms with Crippen molar-refractivity contribution in [3.05, 3.63) is 69.8 Å². The number of carbonyl (C=O) groups is 1. The summed E-state index contributed by atoms with van der Waals surface area (Å²) >= 11 is 2.56. The Morgan fingerprint density at radius 3 is 2.56 bits per heavy atom. The summed E-state index contributed by atoms with van der Waals surface area (Å²) in [4.78, 5) is 15.4. The fourth-order valence-corrected chi connectivity index (χ4v) is 5.33. The zero-order valence-electron chi connectivity index (χ0n) is 14.7. The lowest BCUT2D eigenvalue weighted by molar-refractivity contribution is -0.121. The standard InChI is InChI=1S/C19H18N2O3S3/c1-3-11-21-18(22)17(13-15-6-5-12-25-15)26-19(21)20-27(23,24)16-9-7-14(4-2)8-10-16/h3,5-10,12-13H,1,4,11H2,2H3/b17-13-,20-19?. The summed E-state index contributed by atoms with van der Waals surface area (Å²) in [5, 5.41) is 2.06. The van der Waals surface area contributed by atoms with E-state index in [1.165, 1.54) is 16.2 Å². The maximum Gasteiger partial charge on any atom is 0.284 e. The van der Waals surface area contributed by atoms with Gasteiger partial charge in [-0.2, -0.15) is 8.42 Å². The van der Waals surface area contributed by atoms with E-state index in [1.54, 1.807) is 36.4 Å². The minimum Gasteiger partial charge on any atom is -0.282 e. The van der Waals surface area contributed by atoms with Crippen molar-refractivity contribution in [3.63, 3.8) is 0 Å². The minimum absolute atomic E-state index is 0.106. The first kappa shape index (κ1) is 19.6. The number of amides is 1. The Kier molecular flexibility index (Phi) is 5.98. The number of thiophene rings is 1. The molecule has 0 atom stereocenters. The first-order chi connectivity index (χ1) is 12.9. The Hall–Kier alpha value is -2.16. The molecule has 0 aliphatic carbocycles. The maximum atomic E-state index is 12.7. The molecule has 1 aliphatic rings. The molecule has 1 saturated heterocycles. The fraction of sp³-hybridized carbons (Fsp3) is 0.158.